The largest absolute Gasteiger partial charge is 0.390 e. The molecule has 0 aromatic heterocycles. The molecular weight excluding hydrogens is 176 g/mol. The van der Waals surface area contributed by atoms with Crippen molar-refractivity contribution in [1.29, 1.82) is 0 Å². The van der Waals surface area contributed by atoms with Gasteiger partial charge >= 0.3 is 0 Å². The molecule has 14 heavy (non-hydrogen) atoms. The van der Waals surface area contributed by atoms with Crippen molar-refractivity contribution in [2.24, 2.45) is 5.92 Å². The summed E-state index contributed by atoms with van der Waals surface area (Å²) in [6.45, 7) is 10.1. The summed E-state index contributed by atoms with van der Waals surface area (Å²) in [4.78, 5) is 4.93. The lowest BCUT2D eigenvalue weighted by atomic mass is 9.99. The Morgan fingerprint density at radius 1 is 1.29 bits per heavy atom. The standard InChI is InChI=1S/C11H22N2O/c1-3-9(2)4-12-5-10(6-12)13-7-11(14)8-13/h9-11,14H,3-8H2,1-2H3. The highest BCUT2D eigenvalue weighted by atomic mass is 16.3. The van der Waals surface area contributed by atoms with Crippen LogP contribution in [0.25, 0.3) is 0 Å². The number of nitrogens with zero attached hydrogens (tertiary/aromatic N) is 2. The second-order valence-electron chi connectivity index (χ2n) is 4.99. The molecule has 2 fully saturated rings. The van der Waals surface area contributed by atoms with Crippen LogP contribution in [0, 0.1) is 5.92 Å². The molecule has 82 valence electrons. The Balaban J connectivity index is 1.60. The van der Waals surface area contributed by atoms with Gasteiger partial charge in [-0.05, 0) is 5.92 Å². The van der Waals surface area contributed by atoms with E-state index < -0.39 is 0 Å². The number of hydrogen-bond acceptors (Lipinski definition) is 3. The van der Waals surface area contributed by atoms with E-state index in [1.54, 1.807) is 0 Å². The van der Waals surface area contributed by atoms with E-state index in [1.807, 2.05) is 0 Å². The van der Waals surface area contributed by atoms with E-state index in [2.05, 4.69) is 23.6 Å². The Bertz CT molecular complexity index is 186. The van der Waals surface area contributed by atoms with Crippen molar-refractivity contribution in [2.45, 2.75) is 32.4 Å². The van der Waals surface area contributed by atoms with E-state index in [9.17, 15) is 5.11 Å². The minimum absolute atomic E-state index is 0.0429. The monoisotopic (exact) mass is 198 g/mol. The van der Waals surface area contributed by atoms with Crippen molar-refractivity contribution >= 4 is 0 Å². The predicted molar refractivity (Wildman–Crippen MR) is 57.3 cm³/mol. The molecule has 0 saturated carbocycles. The molecule has 0 aromatic carbocycles. The summed E-state index contributed by atoms with van der Waals surface area (Å²) in [7, 11) is 0. The first kappa shape index (κ1) is 10.4. The maximum absolute atomic E-state index is 9.18. The van der Waals surface area contributed by atoms with Crippen molar-refractivity contribution in [3.63, 3.8) is 0 Å². The van der Waals surface area contributed by atoms with Crippen molar-refractivity contribution in [3.8, 4) is 0 Å². The van der Waals surface area contributed by atoms with Crippen molar-refractivity contribution in [3.05, 3.63) is 0 Å². The lowest BCUT2D eigenvalue weighted by Gasteiger charge is -2.51. The van der Waals surface area contributed by atoms with Crippen LogP contribution in [-0.2, 0) is 0 Å². The molecular formula is C11H22N2O. The first-order valence-electron chi connectivity index (χ1n) is 5.83. The molecule has 2 aliphatic heterocycles. The average molecular weight is 198 g/mol. The van der Waals surface area contributed by atoms with Gasteiger partial charge in [0.1, 0.15) is 0 Å². The van der Waals surface area contributed by atoms with Gasteiger partial charge in [-0.25, -0.2) is 0 Å². The van der Waals surface area contributed by atoms with Crippen LogP contribution in [0.2, 0.25) is 0 Å². The van der Waals surface area contributed by atoms with Crippen LogP contribution in [0.15, 0.2) is 0 Å². The van der Waals surface area contributed by atoms with Gasteiger partial charge in [-0.15, -0.1) is 0 Å². The Morgan fingerprint density at radius 3 is 2.43 bits per heavy atom. The van der Waals surface area contributed by atoms with Gasteiger partial charge in [-0.2, -0.15) is 0 Å². The second kappa shape index (κ2) is 4.17. The van der Waals surface area contributed by atoms with Gasteiger partial charge in [0.05, 0.1) is 6.10 Å². The maximum atomic E-state index is 9.18. The molecule has 0 aliphatic carbocycles. The van der Waals surface area contributed by atoms with E-state index in [4.69, 9.17) is 0 Å². The Kier molecular flexibility index (Phi) is 3.10. The molecule has 1 atom stereocenters. The zero-order valence-corrected chi connectivity index (χ0v) is 9.32. The van der Waals surface area contributed by atoms with Crippen molar-refractivity contribution < 1.29 is 5.11 Å². The first-order chi connectivity index (χ1) is 6.69. The summed E-state index contributed by atoms with van der Waals surface area (Å²) in [6, 6.07) is 0.738. The number of hydrogen-bond donors (Lipinski definition) is 1. The van der Waals surface area contributed by atoms with Crippen LogP contribution in [0.1, 0.15) is 20.3 Å². The fraction of sp³-hybridized carbons (Fsp3) is 1.00. The van der Waals surface area contributed by atoms with Crippen molar-refractivity contribution in [1.82, 2.24) is 9.80 Å². The molecule has 1 N–H and O–H groups in total. The van der Waals surface area contributed by atoms with Crippen LogP contribution >= 0.6 is 0 Å². The summed E-state index contributed by atoms with van der Waals surface area (Å²) in [5.41, 5.74) is 0. The lowest BCUT2D eigenvalue weighted by Crippen LogP contribution is -2.66. The van der Waals surface area contributed by atoms with Crippen molar-refractivity contribution in [2.75, 3.05) is 32.7 Å². The minimum atomic E-state index is -0.0429. The lowest BCUT2D eigenvalue weighted by molar-refractivity contribution is -0.0727. The molecule has 1 unspecified atom stereocenters. The van der Waals surface area contributed by atoms with Gasteiger partial charge in [0.15, 0.2) is 0 Å². The second-order valence-corrected chi connectivity index (χ2v) is 4.99. The molecule has 2 saturated heterocycles. The highest BCUT2D eigenvalue weighted by molar-refractivity contribution is 4.94. The van der Waals surface area contributed by atoms with Crippen LogP contribution in [0.4, 0.5) is 0 Å². The zero-order chi connectivity index (χ0) is 10.1. The van der Waals surface area contributed by atoms with Crippen LogP contribution in [0.5, 0.6) is 0 Å². The van der Waals surface area contributed by atoms with E-state index in [1.165, 1.54) is 26.1 Å². The summed E-state index contributed by atoms with van der Waals surface area (Å²) in [5.74, 6) is 0.831. The molecule has 2 rings (SSSR count). The maximum Gasteiger partial charge on any atom is 0.0794 e. The first-order valence-corrected chi connectivity index (χ1v) is 5.83. The Morgan fingerprint density at radius 2 is 1.93 bits per heavy atom. The normalized spacial score (nSPS) is 28.5. The van der Waals surface area contributed by atoms with Gasteiger partial charge in [-0.3, -0.25) is 9.80 Å². The number of β-amino-alcohol motifs (C(OH)–C–C–N with tert-alkyl or cyclic N) is 1. The fourth-order valence-corrected chi connectivity index (χ4v) is 2.28. The molecule has 3 nitrogen and oxygen atoms in total. The van der Waals surface area contributed by atoms with Gasteiger partial charge < -0.3 is 5.11 Å². The molecule has 3 heteroatoms. The quantitative estimate of drug-likeness (QED) is 0.708. The van der Waals surface area contributed by atoms with Gasteiger partial charge in [0.2, 0.25) is 0 Å². The predicted octanol–water partition coefficient (Wildman–Crippen LogP) is 0.393. The number of aliphatic hydroxyl groups is 1. The van der Waals surface area contributed by atoms with E-state index >= 15 is 0 Å². The smallest absolute Gasteiger partial charge is 0.0794 e. The van der Waals surface area contributed by atoms with E-state index in [0.29, 0.717) is 0 Å². The Labute approximate surface area is 86.7 Å². The molecule has 0 spiro atoms. The number of aliphatic hydroxyl groups excluding tert-OH is 1. The summed E-state index contributed by atoms with van der Waals surface area (Å²) < 4.78 is 0. The van der Waals surface area contributed by atoms with E-state index in [0.717, 1.165) is 25.0 Å². The average Bonchev–Trinajstić information content (AvgIpc) is 2.05. The molecule has 0 radical (unpaired) electrons. The van der Waals surface area contributed by atoms with E-state index in [-0.39, 0.29) is 6.10 Å². The topological polar surface area (TPSA) is 26.7 Å². The summed E-state index contributed by atoms with van der Waals surface area (Å²) in [5, 5.41) is 9.18. The molecule has 0 aromatic rings. The molecule has 2 aliphatic rings. The minimum Gasteiger partial charge on any atom is -0.390 e. The number of rotatable bonds is 4. The third-order valence-electron chi connectivity index (χ3n) is 3.61. The molecule has 0 amide bonds. The third-order valence-corrected chi connectivity index (χ3v) is 3.61. The SMILES string of the molecule is CCC(C)CN1CC(N2CC(O)C2)C1. The Hall–Kier alpha value is -0.120. The third kappa shape index (κ3) is 2.10. The van der Waals surface area contributed by atoms with Gasteiger partial charge in [0.25, 0.3) is 0 Å². The molecule has 2 heterocycles. The van der Waals surface area contributed by atoms with Crippen LogP contribution in [0.3, 0.4) is 0 Å². The summed E-state index contributed by atoms with van der Waals surface area (Å²) in [6.07, 6.45) is 1.24. The van der Waals surface area contributed by atoms with Gasteiger partial charge in [-0.1, -0.05) is 20.3 Å². The van der Waals surface area contributed by atoms with Gasteiger partial charge in [0, 0.05) is 38.8 Å². The fourth-order valence-electron chi connectivity index (χ4n) is 2.28. The molecule has 0 bridgehead atoms. The zero-order valence-electron chi connectivity index (χ0n) is 9.32. The summed E-state index contributed by atoms with van der Waals surface area (Å²) >= 11 is 0. The van der Waals surface area contributed by atoms with Crippen LogP contribution < -0.4 is 0 Å². The highest BCUT2D eigenvalue weighted by Crippen LogP contribution is 2.21. The number of likely N-dealkylation sites (tertiary alicyclic amines) is 2. The van der Waals surface area contributed by atoms with Crippen LogP contribution in [-0.4, -0.2) is 59.8 Å². The highest BCUT2D eigenvalue weighted by Gasteiger charge is 2.37.